The molecule has 0 unspecified atom stereocenters. The highest BCUT2D eigenvalue weighted by Gasteiger charge is 2.43. The van der Waals surface area contributed by atoms with Crippen LogP contribution in [0.3, 0.4) is 0 Å². The van der Waals surface area contributed by atoms with Crippen molar-refractivity contribution < 1.29 is 9.90 Å². The number of amides is 1. The molecular formula is C17H23N3O2. The highest BCUT2D eigenvalue weighted by atomic mass is 16.4. The van der Waals surface area contributed by atoms with Gasteiger partial charge in [-0.25, -0.2) is 9.31 Å². The van der Waals surface area contributed by atoms with Crippen LogP contribution < -0.4 is 0 Å². The number of aryl methyl sites for hydroxylation is 1. The largest absolute Gasteiger partial charge is 0.465 e. The topological polar surface area (TPSA) is 57.8 Å². The molecule has 2 heterocycles. The van der Waals surface area contributed by atoms with E-state index in [1.54, 1.807) is 4.90 Å². The summed E-state index contributed by atoms with van der Waals surface area (Å²) in [5, 5.41) is 13.9. The second kappa shape index (κ2) is 5.00. The van der Waals surface area contributed by atoms with Gasteiger partial charge in [-0.05, 0) is 63.6 Å². The Labute approximate surface area is 130 Å². The van der Waals surface area contributed by atoms with Gasteiger partial charge in [-0.1, -0.05) is 6.07 Å². The first kappa shape index (κ1) is 14.9. The summed E-state index contributed by atoms with van der Waals surface area (Å²) >= 11 is 0. The fraction of sp³-hybridized carbons (Fsp3) is 0.529. The maximum Gasteiger partial charge on any atom is 0.407 e. The molecule has 118 valence electrons. The third-order valence-corrected chi connectivity index (χ3v) is 4.44. The first-order valence-corrected chi connectivity index (χ1v) is 7.73. The lowest BCUT2D eigenvalue weighted by Gasteiger charge is -2.33. The number of carboxylic acid groups (broad SMARTS) is 1. The zero-order valence-electron chi connectivity index (χ0n) is 13.6. The normalized spacial score (nSPS) is 21.1. The van der Waals surface area contributed by atoms with E-state index < -0.39 is 6.09 Å². The second-order valence-corrected chi connectivity index (χ2v) is 7.25. The van der Waals surface area contributed by atoms with E-state index in [4.69, 9.17) is 0 Å². The van der Waals surface area contributed by atoms with Gasteiger partial charge >= 0.3 is 6.09 Å². The monoisotopic (exact) mass is 301 g/mol. The summed E-state index contributed by atoms with van der Waals surface area (Å²) in [5.74, 6) is 0.834. The number of nitrogens with zero attached hydrogens (tertiary/aromatic N) is 3. The number of hydrogen-bond donors (Lipinski definition) is 1. The Morgan fingerprint density at radius 1 is 1.50 bits per heavy atom. The van der Waals surface area contributed by atoms with Crippen molar-refractivity contribution in [2.75, 3.05) is 6.54 Å². The lowest BCUT2D eigenvalue weighted by molar-refractivity contribution is 0.0967. The van der Waals surface area contributed by atoms with Crippen molar-refractivity contribution in [3.8, 4) is 0 Å². The molecule has 1 aliphatic rings. The van der Waals surface area contributed by atoms with E-state index >= 15 is 0 Å². The maximum atomic E-state index is 11.5. The van der Waals surface area contributed by atoms with Gasteiger partial charge in [-0.3, -0.25) is 0 Å². The van der Waals surface area contributed by atoms with Gasteiger partial charge in [-0.2, -0.15) is 5.10 Å². The molecule has 0 bridgehead atoms. The van der Waals surface area contributed by atoms with Crippen molar-refractivity contribution in [3.05, 3.63) is 35.7 Å². The molecule has 2 atom stereocenters. The summed E-state index contributed by atoms with van der Waals surface area (Å²) in [6.45, 7) is 8.42. The maximum absolute atomic E-state index is 11.5. The van der Waals surface area contributed by atoms with Gasteiger partial charge in [0.25, 0.3) is 0 Å². The van der Waals surface area contributed by atoms with E-state index in [0.717, 1.165) is 17.6 Å². The van der Waals surface area contributed by atoms with Crippen LogP contribution in [0.25, 0.3) is 5.52 Å². The number of hydrogen-bond acceptors (Lipinski definition) is 2. The number of aromatic nitrogens is 2. The average Bonchev–Trinajstić information content (AvgIpc) is 3.05. The Morgan fingerprint density at radius 3 is 2.86 bits per heavy atom. The van der Waals surface area contributed by atoms with Crippen LogP contribution in [0.4, 0.5) is 4.79 Å². The van der Waals surface area contributed by atoms with Crippen LogP contribution in [-0.2, 0) is 0 Å². The molecule has 5 nitrogen and oxygen atoms in total. The van der Waals surface area contributed by atoms with Crippen LogP contribution in [0.2, 0.25) is 0 Å². The van der Waals surface area contributed by atoms with Crippen molar-refractivity contribution in [2.24, 2.45) is 5.92 Å². The van der Waals surface area contributed by atoms with Gasteiger partial charge < -0.3 is 10.0 Å². The Morgan fingerprint density at radius 2 is 2.23 bits per heavy atom. The summed E-state index contributed by atoms with van der Waals surface area (Å²) in [7, 11) is 0. The van der Waals surface area contributed by atoms with Gasteiger partial charge in [0.2, 0.25) is 0 Å². The molecule has 2 aromatic heterocycles. The van der Waals surface area contributed by atoms with Gasteiger partial charge in [0.15, 0.2) is 0 Å². The quantitative estimate of drug-likeness (QED) is 0.943. The minimum atomic E-state index is -0.837. The smallest absolute Gasteiger partial charge is 0.407 e. The molecule has 1 aliphatic carbocycles. The van der Waals surface area contributed by atoms with Crippen molar-refractivity contribution in [3.63, 3.8) is 0 Å². The molecule has 22 heavy (non-hydrogen) atoms. The zero-order valence-corrected chi connectivity index (χ0v) is 13.6. The van der Waals surface area contributed by atoms with Gasteiger partial charge in [0, 0.05) is 18.3 Å². The lowest BCUT2D eigenvalue weighted by Crippen LogP contribution is -2.46. The molecule has 1 N–H and O–H groups in total. The minimum absolute atomic E-state index is 0.363. The molecule has 0 saturated heterocycles. The molecule has 1 amide bonds. The molecule has 1 saturated carbocycles. The predicted molar refractivity (Wildman–Crippen MR) is 85.3 cm³/mol. The molecule has 0 aromatic carbocycles. The van der Waals surface area contributed by atoms with Crippen molar-refractivity contribution >= 4 is 11.6 Å². The van der Waals surface area contributed by atoms with E-state index in [1.807, 2.05) is 44.5 Å². The number of rotatable bonds is 3. The Hall–Kier alpha value is -2.04. The number of carbonyl (C=O) groups is 1. The van der Waals surface area contributed by atoms with E-state index in [0.29, 0.717) is 18.4 Å². The van der Waals surface area contributed by atoms with Crippen LogP contribution in [0.5, 0.6) is 0 Å². The molecule has 5 heteroatoms. The Balaban J connectivity index is 1.80. The molecule has 0 radical (unpaired) electrons. The third-order valence-electron chi connectivity index (χ3n) is 4.44. The number of fused-ring (bicyclic) bond motifs is 1. The minimum Gasteiger partial charge on any atom is -0.465 e. The van der Waals surface area contributed by atoms with E-state index in [9.17, 15) is 9.90 Å². The highest BCUT2D eigenvalue weighted by Crippen LogP contribution is 2.49. The van der Waals surface area contributed by atoms with Crippen LogP contribution in [0.1, 0.15) is 44.4 Å². The average molecular weight is 301 g/mol. The first-order valence-electron chi connectivity index (χ1n) is 7.73. The number of pyridine rings is 1. The summed E-state index contributed by atoms with van der Waals surface area (Å²) < 4.78 is 1.92. The molecule has 3 rings (SSSR count). The zero-order chi connectivity index (χ0) is 16.1. The summed E-state index contributed by atoms with van der Waals surface area (Å²) in [4.78, 5) is 13.0. The highest BCUT2D eigenvalue weighted by molar-refractivity contribution is 5.66. The molecular weight excluding hydrogens is 278 g/mol. The fourth-order valence-corrected chi connectivity index (χ4v) is 3.18. The van der Waals surface area contributed by atoms with Crippen molar-refractivity contribution in [1.29, 1.82) is 0 Å². The summed E-state index contributed by atoms with van der Waals surface area (Å²) in [6.07, 6.45) is 2.17. The molecule has 0 spiro atoms. The first-order chi connectivity index (χ1) is 10.3. The van der Waals surface area contributed by atoms with Crippen LogP contribution in [0, 0.1) is 12.8 Å². The lowest BCUT2D eigenvalue weighted by atomic mass is 10.0. The van der Waals surface area contributed by atoms with E-state index in [-0.39, 0.29) is 5.54 Å². The predicted octanol–water partition coefficient (Wildman–Crippen LogP) is 3.52. The van der Waals surface area contributed by atoms with Crippen molar-refractivity contribution in [2.45, 2.75) is 45.6 Å². The standard InChI is InChI=1S/C17H23N3O2/c1-11-8-15-13(6-5-7-20(15)18-11)14-9-12(14)10-19(16(21)22)17(2,3)4/h5-8,12,14H,9-10H2,1-4H3,(H,21,22)/t12-,14+/m0/s1. The van der Waals surface area contributed by atoms with Crippen LogP contribution in [-0.4, -0.2) is 37.8 Å². The second-order valence-electron chi connectivity index (χ2n) is 7.25. The van der Waals surface area contributed by atoms with E-state index in [1.165, 1.54) is 5.56 Å². The molecule has 2 aromatic rings. The van der Waals surface area contributed by atoms with Crippen LogP contribution >= 0.6 is 0 Å². The van der Waals surface area contributed by atoms with Crippen molar-refractivity contribution in [1.82, 2.24) is 14.5 Å². The van der Waals surface area contributed by atoms with E-state index in [2.05, 4.69) is 17.2 Å². The SMILES string of the molecule is Cc1cc2c([C@@H]3C[C@H]3CN(C(=O)O)C(C)(C)C)cccn2n1. The summed E-state index contributed by atoms with van der Waals surface area (Å²) in [6, 6.07) is 6.26. The molecule has 0 aliphatic heterocycles. The Kier molecular flexibility index (Phi) is 3.38. The van der Waals surface area contributed by atoms with Crippen LogP contribution in [0.15, 0.2) is 24.4 Å². The summed E-state index contributed by atoms with van der Waals surface area (Å²) in [5.41, 5.74) is 3.07. The Bertz CT molecular complexity index is 714. The fourth-order valence-electron chi connectivity index (χ4n) is 3.18. The van der Waals surface area contributed by atoms with Gasteiger partial charge in [0.1, 0.15) is 0 Å². The molecule has 1 fully saturated rings. The van der Waals surface area contributed by atoms with Gasteiger partial charge in [-0.15, -0.1) is 0 Å². The third kappa shape index (κ3) is 2.67. The van der Waals surface area contributed by atoms with Gasteiger partial charge in [0.05, 0.1) is 11.2 Å².